The maximum Gasteiger partial charge on any atom is 0.255 e. The standard InChI is InChI=1S/C15H21N3O2/c1-11(10-16)14(19)17-13-7-3-2-6-12(13)15(20)18-8-4-5-9-18/h2-3,6-7,11H,4-5,8-10,16H2,1H3,(H,17,19). The average Bonchev–Trinajstić information content (AvgIpc) is 3.00. The SMILES string of the molecule is CC(CN)C(=O)Nc1ccccc1C(=O)N1CCCC1. The summed E-state index contributed by atoms with van der Waals surface area (Å²) >= 11 is 0. The van der Waals surface area contributed by atoms with E-state index in [1.165, 1.54) is 0 Å². The summed E-state index contributed by atoms with van der Waals surface area (Å²) in [7, 11) is 0. The second kappa shape index (κ2) is 6.52. The highest BCUT2D eigenvalue weighted by atomic mass is 16.2. The Kier molecular flexibility index (Phi) is 4.74. The summed E-state index contributed by atoms with van der Waals surface area (Å²) in [6.07, 6.45) is 2.09. The largest absolute Gasteiger partial charge is 0.339 e. The Balaban J connectivity index is 2.17. The van der Waals surface area contributed by atoms with Crippen LogP contribution in [0.2, 0.25) is 0 Å². The molecule has 0 spiro atoms. The molecule has 1 saturated heterocycles. The van der Waals surface area contributed by atoms with Gasteiger partial charge in [-0.05, 0) is 25.0 Å². The lowest BCUT2D eigenvalue weighted by Crippen LogP contribution is -2.30. The molecule has 1 heterocycles. The van der Waals surface area contributed by atoms with E-state index >= 15 is 0 Å². The zero-order valence-electron chi connectivity index (χ0n) is 11.8. The summed E-state index contributed by atoms with van der Waals surface area (Å²) in [4.78, 5) is 26.2. The van der Waals surface area contributed by atoms with Gasteiger partial charge < -0.3 is 16.0 Å². The van der Waals surface area contributed by atoms with Crippen LogP contribution in [0, 0.1) is 5.92 Å². The third-order valence-electron chi connectivity index (χ3n) is 3.61. The highest BCUT2D eigenvalue weighted by molar-refractivity contribution is 6.04. The summed E-state index contributed by atoms with van der Waals surface area (Å²) < 4.78 is 0. The molecule has 1 fully saturated rings. The number of nitrogens with zero attached hydrogens (tertiary/aromatic N) is 1. The minimum Gasteiger partial charge on any atom is -0.339 e. The van der Waals surface area contributed by atoms with Crippen LogP contribution in [0.15, 0.2) is 24.3 Å². The Morgan fingerprint density at radius 3 is 2.60 bits per heavy atom. The van der Waals surface area contributed by atoms with Crippen LogP contribution < -0.4 is 11.1 Å². The lowest BCUT2D eigenvalue weighted by Gasteiger charge is -2.18. The quantitative estimate of drug-likeness (QED) is 0.873. The molecule has 2 rings (SSSR count). The predicted octanol–water partition coefficient (Wildman–Crippen LogP) is 1.46. The van der Waals surface area contributed by atoms with E-state index < -0.39 is 0 Å². The van der Waals surface area contributed by atoms with Gasteiger partial charge in [0.1, 0.15) is 0 Å². The number of hydrogen-bond acceptors (Lipinski definition) is 3. The van der Waals surface area contributed by atoms with Gasteiger partial charge in [0.05, 0.1) is 11.3 Å². The van der Waals surface area contributed by atoms with E-state index in [-0.39, 0.29) is 24.3 Å². The van der Waals surface area contributed by atoms with E-state index in [1.807, 2.05) is 17.0 Å². The lowest BCUT2D eigenvalue weighted by atomic mass is 10.1. The van der Waals surface area contributed by atoms with E-state index in [0.29, 0.717) is 11.3 Å². The summed E-state index contributed by atoms with van der Waals surface area (Å²) in [6, 6.07) is 7.13. The minimum absolute atomic E-state index is 0.0150. The van der Waals surface area contributed by atoms with Crippen LogP contribution in [-0.2, 0) is 4.79 Å². The number of nitrogens with one attached hydrogen (secondary N) is 1. The first-order chi connectivity index (χ1) is 9.63. The Morgan fingerprint density at radius 1 is 1.30 bits per heavy atom. The smallest absolute Gasteiger partial charge is 0.255 e. The molecule has 1 aromatic carbocycles. The number of rotatable bonds is 4. The molecule has 0 aliphatic carbocycles. The molecule has 0 radical (unpaired) electrons. The molecule has 5 heteroatoms. The van der Waals surface area contributed by atoms with Crippen molar-refractivity contribution in [3.63, 3.8) is 0 Å². The number of benzene rings is 1. The Bertz CT molecular complexity index is 496. The van der Waals surface area contributed by atoms with Crippen molar-refractivity contribution in [2.24, 2.45) is 11.7 Å². The number of nitrogens with two attached hydrogens (primary N) is 1. The molecule has 0 aromatic heterocycles. The molecule has 0 bridgehead atoms. The van der Waals surface area contributed by atoms with Crippen molar-refractivity contribution in [3.8, 4) is 0 Å². The van der Waals surface area contributed by atoms with Gasteiger partial charge in [0.25, 0.3) is 5.91 Å². The molecular formula is C15H21N3O2. The highest BCUT2D eigenvalue weighted by Gasteiger charge is 2.22. The van der Waals surface area contributed by atoms with Crippen LogP contribution in [0.25, 0.3) is 0 Å². The van der Waals surface area contributed by atoms with E-state index in [4.69, 9.17) is 5.73 Å². The number of hydrogen-bond donors (Lipinski definition) is 2. The van der Waals surface area contributed by atoms with Crippen molar-refractivity contribution >= 4 is 17.5 Å². The summed E-state index contributed by atoms with van der Waals surface area (Å²) in [5.74, 6) is -0.446. The van der Waals surface area contributed by atoms with E-state index in [2.05, 4.69) is 5.32 Å². The molecular weight excluding hydrogens is 254 g/mol. The van der Waals surface area contributed by atoms with Gasteiger partial charge in [-0.1, -0.05) is 19.1 Å². The molecule has 3 N–H and O–H groups in total. The number of carbonyl (C=O) groups is 2. The van der Waals surface area contributed by atoms with Gasteiger partial charge in [0, 0.05) is 25.6 Å². The predicted molar refractivity (Wildman–Crippen MR) is 78.4 cm³/mol. The molecule has 2 amide bonds. The van der Waals surface area contributed by atoms with Crippen molar-refractivity contribution in [2.75, 3.05) is 25.0 Å². The normalized spacial score (nSPS) is 16.0. The van der Waals surface area contributed by atoms with Crippen LogP contribution in [0.3, 0.4) is 0 Å². The van der Waals surface area contributed by atoms with Crippen LogP contribution >= 0.6 is 0 Å². The summed E-state index contributed by atoms with van der Waals surface area (Å²) in [5, 5.41) is 2.80. The average molecular weight is 275 g/mol. The van der Waals surface area contributed by atoms with Crippen LogP contribution in [0.4, 0.5) is 5.69 Å². The summed E-state index contributed by atoms with van der Waals surface area (Å²) in [6.45, 7) is 3.63. The first-order valence-electron chi connectivity index (χ1n) is 7.02. The number of amides is 2. The van der Waals surface area contributed by atoms with Crippen molar-refractivity contribution in [2.45, 2.75) is 19.8 Å². The first kappa shape index (κ1) is 14.5. The topological polar surface area (TPSA) is 75.4 Å². The molecule has 0 saturated carbocycles. The van der Waals surface area contributed by atoms with Gasteiger partial charge >= 0.3 is 0 Å². The zero-order valence-corrected chi connectivity index (χ0v) is 11.8. The van der Waals surface area contributed by atoms with Gasteiger partial charge in [-0.25, -0.2) is 0 Å². The first-order valence-corrected chi connectivity index (χ1v) is 7.02. The molecule has 20 heavy (non-hydrogen) atoms. The highest BCUT2D eigenvalue weighted by Crippen LogP contribution is 2.20. The van der Waals surface area contributed by atoms with Gasteiger partial charge in [-0.15, -0.1) is 0 Å². The van der Waals surface area contributed by atoms with Gasteiger partial charge in [0.2, 0.25) is 5.91 Å². The second-order valence-electron chi connectivity index (χ2n) is 5.17. The maximum atomic E-state index is 12.4. The summed E-state index contributed by atoms with van der Waals surface area (Å²) in [5.41, 5.74) is 6.60. The van der Waals surface area contributed by atoms with Gasteiger partial charge in [-0.2, -0.15) is 0 Å². The fourth-order valence-electron chi connectivity index (χ4n) is 2.23. The van der Waals surface area contributed by atoms with Gasteiger partial charge in [-0.3, -0.25) is 9.59 Å². The third-order valence-corrected chi connectivity index (χ3v) is 3.61. The van der Waals surface area contributed by atoms with E-state index in [1.54, 1.807) is 19.1 Å². The monoisotopic (exact) mass is 275 g/mol. The van der Waals surface area contributed by atoms with Crippen molar-refractivity contribution in [3.05, 3.63) is 29.8 Å². The minimum atomic E-state index is -0.273. The van der Waals surface area contributed by atoms with Crippen LogP contribution in [-0.4, -0.2) is 36.3 Å². The molecule has 1 aliphatic heterocycles. The number of para-hydroxylation sites is 1. The van der Waals surface area contributed by atoms with Gasteiger partial charge in [0.15, 0.2) is 0 Å². The molecule has 1 atom stereocenters. The lowest BCUT2D eigenvalue weighted by molar-refractivity contribution is -0.119. The fraction of sp³-hybridized carbons (Fsp3) is 0.467. The van der Waals surface area contributed by atoms with E-state index in [9.17, 15) is 9.59 Å². The van der Waals surface area contributed by atoms with E-state index in [0.717, 1.165) is 25.9 Å². The zero-order chi connectivity index (χ0) is 14.5. The molecule has 1 aromatic rings. The number of anilines is 1. The van der Waals surface area contributed by atoms with Crippen LogP contribution in [0.5, 0.6) is 0 Å². The van der Waals surface area contributed by atoms with Crippen molar-refractivity contribution in [1.82, 2.24) is 4.90 Å². The number of carbonyl (C=O) groups excluding carboxylic acids is 2. The molecule has 1 unspecified atom stereocenters. The Morgan fingerprint density at radius 2 is 1.95 bits per heavy atom. The second-order valence-corrected chi connectivity index (χ2v) is 5.17. The van der Waals surface area contributed by atoms with Crippen molar-refractivity contribution in [1.29, 1.82) is 0 Å². The Labute approximate surface area is 119 Å². The molecule has 5 nitrogen and oxygen atoms in total. The fourth-order valence-corrected chi connectivity index (χ4v) is 2.23. The van der Waals surface area contributed by atoms with Crippen molar-refractivity contribution < 1.29 is 9.59 Å². The van der Waals surface area contributed by atoms with Crippen LogP contribution in [0.1, 0.15) is 30.1 Å². The number of likely N-dealkylation sites (tertiary alicyclic amines) is 1. The molecule has 108 valence electrons. The molecule has 1 aliphatic rings. The maximum absolute atomic E-state index is 12.4. The Hall–Kier alpha value is -1.88. The third kappa shape index (κ3) is 3.17.